The maximum absolute atomic E-state index is 12.3. The van der Waals surface area contributed by atoms with Crippen molar-refractivity contribution in [2.75, 3.05) is 6.26 Å². The normalized spacial score (nSPS) is 11.1. The summed E-state index contributed by atoms with van der Waals surface area (Å²) in [5, 5.41) is 1.81. The van der Waals surface area contributed by atoms with Gasteiger partial charge in [-0.1, -0.05) is 12.1 Å². The molecule has 0 atom stereocenters. The van der Waals surface area contributed by atoms with Crippen LogP contribution in [0.1, 0.15) is 5.56 Å². The van der Waals surface area contributed by atoms with Gasteiger partial charge in [0.15, 0.2) is 0 Å². The van der Waals surface area contributed by atoms with Gasteiger partial charge in [0.1, 0.15) is 4.70 Å². The van der Waals surface area contributed by atoms with Crippen molar-refractivity contribution < 1.29 is 0 Å². The molecule has 0 fully saturated rings. The van der Waals surface area contributed by atoms with Crippen molar-refractivity contribution in [3.05, 3.63) is 62.1 Å². The lowest BCUT2D eigenvalue weighted by Gasteiger charge is -2.05. The van der Waals surface area contributed by atoms with Crippen molar-refractivity contribution in [1.82, 2.24) is 9.55 Å². The Labute approximate surface area is 123 Å². The average Bonchev–Trinajstić information content (AvgIpc) is 2.92. The molecule has 0 radical (unpaired) electrons. The smallest absolute Gasteiger partial charge is 0.306 e. The number of nitrogens with one attached hydrogen (secondary N) is 1. The molecule has 0 spiro atoms. The molecule has 3 rings (SSSR count). The van der Waals surface area contributed by atoms with E-state index in [1.807, 2.05) is 30.5 Å². The second-order valence-corrected chi connectivity index (χ2v) is 6.13. The molecule has 0 amide bonds. The fourth-order valence-corrected chi connectivity index (χ4v) is 3.23. The Bertz CT molecular complexity index is 859. The summed E-state index contributed by atoms with van der Waals surface area (Å²) in [6, 6.07) is 9.61. The third-order valence-corrected chi connectivity index (χ3v) is 4.74. The van der Waals surface area contributed by atoms with Crippen LogP contribution in [-0.2, 0) is 6.54 Å². The molecule has 0 aliphatic carbocycles. The maximum atomic E-state index is 12.3. The zero-order valence-electron chi connectivity index (χ0n) is 10.8. The van der Waals surface area contributed by atoms with Crippen LogP contribution in [0.25, 0.3) is 10.2 Å². The SMILES string of the molecule is CSc1ccc(Cn2c(=O)[nH]c3ccsc3c2=O)cc1. The van der Waals surface area contributed by atoms with Gasteiger partial charge in [0, 0.05) is 4.90 Å². The summed E-state index contributed by atoms with van der Waals surface area (Å²) in [7, 11) is 0. The number of aromatic nitrogens is 2. The van der Waals surface area contributed by atoms with Gasteiger partial charge < -0.3 is 4.98 Å². The summed E-state index contributed by atoms with van der Waals surface area (Å²) >= 11 is 3.00. The van der Waals surface area contributed by atoms with Crippen molar-refractivity contribution in [2.24, 2.45) is 0 Å². The summed E-state index contributed by atoms with van der Waals surface area (Å²) < 4.78 is 1.83. The molecule has 2 aromatic heterocycles. The molecule has 0 aliphatic rings. The molecule has 3 aromatic rings. The summed E-state index contributed by atoms with van der Waals surface area (Å²) in [5.41, 5.74) is 0.952. The highest BCUT2D eigenvalue weighted by Gasteiger charge is 2.08. The van der Waals surface area contributed by atoms with Gasteiger partial charge in [-0.3, -0.25) is 9.36 Å². The zero-order valence-corrected chi connectivity index (χ0v) is 12.4. The molecular weight excluding hydrogens is 292 g/mol. The zero-order chi connectivity index (χ0) is 14.1. The molecule has 0 unspecified atom stereocenters. The lowest BCUT2D eigenvalue weighted by Crippen LogP contribution is -2.34. The molecule has 2 heterocycles. The lowest BCUT2D eigenvalue weighted by molar-refractivity contribution is 0.712. The first-order valence-electron chi connectivity index (χ1n) is 6.02. The van der Waals surface area contributed by atoms with Gasteiger partial charge in [-0.2, -0.15) is 0 Å². The van der Waals surface area contributed by atoms with Gasteiger partial charge >= 0.3 is 5.69 Å². The van der Waals surface area contributed by atoms with Crippen LogP contribution in [0.2, 0.25) is 0 Å². The summed E-state index contributed by atoms with van der Waals surface area (Å²) in [4.78, 5) is 28.2. The Kier molecular flexibility index (Phi) is 3.50. The number of hydrogen-bond acceptors (Lipinski definition) is 4. The number of H-pyrrole nitrogens is 1. The van der Waals surface area contributed by atoms with Crippen molar-refractivity contribution in [3.63, 3.8) is 0 Å². The van der Waals surface area contributed by atoms with E-state index in [9.17, 15) is 9.59 Å². The van der Waals surface area contributed by atoms with E-state index < -0.39 is 0 Å². The monoisotopic (exact) mass is 304 g/mol. The standard InChI is InChI=1S/C14H12N2O2S2/c1-19-10-4-2-9(3-5-10)8-16-13(17)12-11(6-7-20-12)15-14(16)18/h2-7H,8H2,1H3,(H,15,18). The molecule has 0 saturated carbocycles. The van der Waals surface area contributed by atoms with Crippen LogP contribution in [0.5, 0.6) is 0 Å². The Balaban J connectivity index is 2.05. The number of hydrogen-bond donors (Lipinski definition) is 1. The van der Waals surface area contributed by atoms with Gasteiger partial charge in [0.25, 0.3) is 5.56 Å². The van der Waals surface area contributed by atoms with Crippen LogP contribution in [0.3, 0.4) is 0 Å². The van der Waals surface area contributed by atoms with Crippen LogP contribution in [0, 0.1) is 0 Å². The molecule has 4 nitrogen and oxygen atoms in total. The van der Waals surface area contributed by atoms with Crippen LogP contribution < -0.4 is 11.2 Å². The first kappa shape index (κ1) is 13.2. The third-order valence-electron chi connectivity index (χ3n) is 3.09. The quantitative estimate of drug-likeness (QED) is 0.757. The molecule has 102 valence electrons. The van der Waals surface area contributed by atoms with Crippen molar-refractivity contribution in [3.8, 4) is 0 Å². The van der Waals surface area contributed by atoms with Gasteiger partial charge in [0.2, 0.25) is 0 Å². The molecule has 6 heteroatoms. The van der Waals surface area contributed by atoms with E-state index >= 15 is 0 Å². The third kappa shape index (κ3) is 2.32. The number of aromatic amines is 1. The predicted molar refractivity (Wildman–Crippen MR) is 84.0 cm³/mol. The van der Waals surface area contributed by atoms with Crippen LogP contribution >= 0.6 is 23.1 Å². The predicted octanol–water partition coefficient (Wildman–Crippen LogP) is 2.52. The Morgan fingerprint density at radius 3 is 2.65 bits per heavy atom. The number of thioether (sulfide) groups is 1. The lowest BCUT2D eigenvalue weighted by atomic mass is 10.2. The Morgan fingerprint density at radius 1 is 1.20 bits per heavy atom. The van der Waals surface area contributed by atoms with E-state index in [0.717, 1.165) is 10.5 Å². The number of rotatable bonds is 3. The Morgan fingerprint density at radius 2 is 1.95 bits per heavy atom. The van der Waals surface area contributed by atoms with E-state index in [4.69, 9.17) is 0 Å². The largest absolute Gasteiger partial charge is 0.329 e. The first-order valence-corrected chi connectivity index (χ1v) is 8.13. The molecule has 1 aromatic carbocycles. The van der Waals surface area contributed by atoms with E-state index in [1.165, 1.54) is 15.9 Å². The van der Waals surface area contributed by atoms with E-state index in [2.05, 4.69) is 4.98 Å². The Hall–Kier alpha value is -1.79. The van der Waals surface area contributed by atoms with Gasteiger partial charge in [-0.05, 0) is 35.4 Å². The van der Waals surface area contributed by atoms with Crippen LogP contribution in [0.15, 0.2) is 50.2 Å². The minimum absolute atomic E-state index is 0.229. The summed E-state index contributed by atoms with van der Waals surface area (Å²) in [5.74, 6) is 0. The highest BCUT2D eigenvalue weighted by atomic mass is 32.2. The number of benzene rings is 1. The molecule has 0 aliphatic heterocycles. The minimum Gasteiger partial charge on any atom is -0.306 e. The first-order chi connectivity index (χ1) is 9.69. The minimum atomic E-state index is -0.366. The van der Waals surface area contributed by atoms with Crippen LogP contribution in [0.4, 0.5) is 0 Å². The summed E-state index contributed by atoms with van der Waals surface area (Å²) in [6.07, 6.45) is 2.01. The fraction of sp³-hybridized carbons (Fsp3) is 0.143. The molecule has 0 bridgehead atoms. The molecule has 0 saturated heterocycles. The van der Waals surface area contributed by atoms with Gasteiger partial charge in [0.05, 0.1) is 12.1 Å². The van der Waals surface area contributed by atoms with E-state index in [0.29, 0.717) is 10.2 Å². The highest BCUT2D eigenvalue weighted by molar-refractivity contribution is 7.98. The molecular formula is C14H12N2O2S2. The van der Waals surface area contributed by atoms with Gasteiger partial charge in [-0.15, -0.1) is 23.1 Å². The topological polar surface area (TPSA) is 54.9 Å². The highest BCUT2D eigenvalue weighted by Crippen LogP contribution is 2.15. The molecule has 1 N–H and O–H groups in total. The second-order valence-electron chi connectivity index (χ2n) is 4.33. The van der Waals surface area contributed by atoms with Crippen molar-refractivity contribution in [1.29, 1.82) is 0 Å². The van der Waals surface area contributed by atoms with Crippen LogP contribution in [-0.4, -0.2) is 15.8 Å². The fourth-order valence-electron chi connectivity index (χ4n) is 2.03. The number of thiophene rings is 1. The van der Waals surface area contributed by atoms with Crippen molar-refractivity contribution >= 4 is 33.3 Å². The maximum Gasteiger partial charge on any atom is 0.329 e. The number of fused-ring (bicyclic) bond motifs is 1. The molecule has 20 heavy (non-hydrogen) atoms. The van der Waals surface area contributed by atoms with Gasteiger partial charge in [-0.25, -0.2) is 4.79 Å². The van der Waals surface area contributed by atoms with E-state index in [1.54, 1.807) is 23.2 Å². The van der Waals surface area contributed by atoms with E-state index in [-0.39, 0.29) is 17.8 Å². The number of nitrogens with zero attached hydrogens (tertiary/aromatic N) is 1. The second kappa shape index (κ2) is 5.30. The average molecular weight is 304 g/mol. The van der Waals surface area contributed by atoms with Crippen molar-refractivity contribution in [2.45, 2.75) is 11.4 Å². The summed E-state index contributed by atoms with van der Waals surface area (Å²) in [6.45, 7) is 0.288.